The van der Waals surface area contributed by atoms with Crippen molar-refractivity contribution in [2.75, 3.05) is 13.2 Å². The molecule has 0 aliphatic heterocycles. The molecule has 2 rings (SSSR count). The Morgan fingerprint density at radius 2 is 1.75 bits per heavy atom. The van der Waals surface area contributed by atoms with Gasteiger partial charge in [-0.05, 0) is 67.3 Å². The van der Waals surface area contributed by atoms with Crippen LogP contribution in [0.5, 0.6) is 0 Å². The van der Waals surface area contributed by atoms with Crippen LogP contribution in [0.15, 0.2) is 23.8 Å². The summed E-state index contributed by atoms with van der Waals surface area (Å²) in [6.45, 7) is 15.5. The monoisotopic (exact) mass is 448 g/mol. The molecule has 1 unspecified atom stereocenters. The second kappa shape index (κ2) is 10.7. The summed E-state index contributed by atoms with van der Waals surface area (Å²) in [4.78, 5) is 34.8. The van der Waals surface area contributed by atoms with Crippen molar-refractivity contribution in [3.63, 3.8) is 0 Å². The van der Waals surface area contributed by atoms with Crippen LogP contribution in [-0.2, 0) is 28.6 Å². The van der Waals surface area contributed by atoms with Gasteiger partial charge in [-0.25, -0.2) is 0 Å². The Balaban J connectivity index is 2.40. The minimum atomic E-state index is -0.563. The van der Waals surface area contributed by atoms with Crippen LogP contribution in [0.25, 0.3) is 0 Å². The molecule has 0 aromatic rings. The molecule has 5 atom stereocenters. The summed E-state index contributed by atoms with van der Waals surface area (Å²) in [5, 5.41) is 0. The van der Waals surface area contributed by atoms with Gasteiger partial charge >= 0.3 is 17.9 Å². The molecule has 0 saturated heterocycles. The Kier molecular flexibility index (Phi) is 8.72. The summed E-state index contributed by atoms with van der Waals surface area (Å²) < 4.78 is 16.1. The second-order valence-corrected chi connectivity index (χ2v) is 10.1. The number of esters is 3. The molecule has 0 N–H and O–H groups in total. The van der Waals surface area contributed by atoms with Gasteiger partial charge in [0.05, 0.1) is 0 Å². The molecule has 0 amide bonds. The molecule has 2 saturated carbocycles. The van der Waals surface area contributed by atoms with Crippen LogP contribution in [-0.4, -0.2) is 37.2 Å². The second-order valence-electron chi connectivity index (χ2n) is 10.1. The zero-order chi connectivity index (χ0) is 24.1. The van der Waals surface area contributed by atoms with Gasteiger partial charge in [0, 0.05) is 26.3 Å². The van der Waals surface area contributed by atoms with Crippen molar-refractivity contribution in [3.05, 3.63) is 23.8 Å². The predicted molar refractivity (Wildman–Crippen MR) is 123 cm³/mol. The van der Waals surface area contributed by atoms with Gasteiger partial charge in [0.15, 0.2) is 0 Å². The van der Waals surface area contributed by atoms with Crippen LogP contribution in [0.3, 0.4) is 0 Å². The van der Waals surface area contributed by atoms with E-state index in [1.807, 2.05) is 0 Å². The molecule has 2 aliphatic carbocycles. The summed E-state index contributed by atoms with van der Waals surface area (Å²) in [5.41, 5.74) is 1.97. The number of hydrogen-bond donors (Lipinski definition) is 0. The topological polar surface area (TPSA) is 78.9 Å². The average molecular weight is 449 g/mol. The molecule has 0 aromatic heterocycles. The van der Waals surface area contributed by atoms with E-state index in [4.69, 9.17) is 14.2 Å². The molecule has 180 valence electrons. The van der Waals surface area contributed by atoms with E-state index in [9.17, 15) is 14.4 Å². The fourth-order valence-electron chi connectivity index (χ4n) is 5.89. The van der Waals surface area contributed by atoms with Crippen LogP contribution in [0.4, 0.5) is 0 Å². The maximum absolute atomic E-state index is 12.0. The molecule has 6 heteroatoms. The van der Waals surface area contributed by atoms with Gasteiger partial charge in [0.25, 0.3) is 0 Å². The van der Waals surface area contributed by atoms with Crippen molar-refractivity contribution >= 4 is 17.9 Å². The molecule has 32 heavy (non-hydrogen) atoms. The van der Waals surface area contributed by atoms with Gasteiger partial charge < -0.3 is 14.2 Å². The number of rotatable bonds is 8. The first-order valence-corrected chi connectivity index (χ1v) is 11.7. The molecular weight excluding hydrogens is 408 g/mol. The van der Waals surface area contributed by atoms with E-state index in [0.29, 0.717) is 23.8 Å². The first-order chi connectivity index (χ1) is 14.9. The molecular formula is C26H40O6. The van der Waals surface area contributed by atoms with Gasteiger partial charge in [-0.1, -0.05) is 32.9 Å². The van der Waals surface area contributed by atoms with Gasteiger partial charge in [-0.3, -0.25) is 14.4 Å². The van der Waals surface area contributed by atoms with E-state index in [0.717, 1.165) is 32.1 Å². The number of carbonyl (C=O) groups excluding carboxylic acids is 3. The van der Waals surface area contributed by atoms with E-state index in [1.54, 1.807) is 6.08 Å². The number of fused-ring (bicyclic) bond motifs is 1. The number of carbonyl (C=O) groups is 3. The maximum atomic E-state index is 12.0. The van der Waals surface area contributed by atoms with Gasteiger partial charge in [-0.2, -0.15) is 0 Å². The van der Waals surface area contributed by atoms with Crippen LogP contribution in [0.1, 0.15) is 80.1 Å². The van der Waals surface area contributed by atoms with E-state index in [1.165, 1.54) is 26.3 Å². The van der Waals surface area contributed by atoms with E-state index in [2.05, 4.69) is 27.4 Å². The third-order valence-corrected chi connectivity index (χ3v) is 7.99. The van der Waals surface area contributed by atoms with Crippen molar-refractivity contribution in [2.24, 2.45) is 22.7 Å². The third kappa shape index (κ3) is 6.02. The van der Waals surface area contributed by atoms with Gasteiger partial charge in [-0.15, -0.1) is 0 Å². The lowest BCUT2D eigenvalue weighted by Crippen LogP contribution is -2.52. The molecule has 2 fully saturated rings. The Morgan fingerprint density at radius 3 is 2.34 bits per heavy atom. The third-order valence-electron chi connectivity index (χ3n) is 7.99. The first kappa shape index (κ1) is 26.1. The quantitative estimate of drug-likeness (QED) is 0.290. The number of allylic oxidation sites excluding steroid dienone is 1. The maximum Gasteiger partial charge on any atom is 0.303 e. The summed E-state index contributed by atoms with van der Waals surface area (Å²) in [6, 6.07) is 0. The predicted octanol–water partition coefficient (Wildman–Crippen LogP) is 5.16. The zero-order valence-corrected chi connectivity index (χ0v) is 20.6. The minimum absolute atomic E-state index is 0.00630. The lowest BCUT2D eigenvalue weighted by Gasteiger charge is -2.59. The highest BCUT2D eigenvalue weighted by Gasteiger charge is 2.54. The zero-order valence-electron chi connectivity index (χ0n) is 20.6. The highest BCUT2D eigenvalue weighted by atomic mass is 16.6. The minimum Gasteiger partial charge on any atom is -0.462 e. The SMILES string of the molecule is C=C1CCC[C@@H]2[C@@](C)(CC(OC(C)=O)/C(=C/COC(C)=O)COC(C)=O)[C@H](C)CC[C@@]12C. The van der Waals surface area contributed by atoms with Crippen LogP contribution in [0.2, 0.25) is 0 Å². The Morgan fingerprint density at radius 1 is 1.09 bits per heavy atom. The van der Waals surface area contributed by atoms with E-state index >= 15 is 0 Å². The summed E-state index contributed by atoms with van der Waals surface area (Å²) in [6.07, 6.45) is 7.31. The Hall–Kier alpha value is -2.11. The van der Waals surface area contributed by atoms with Crippen molar-refractivity contribution < 1.29 is 28.6 Å². The standard InChI is InChI=1S/C26H40O6/c1-17-9-8-10-24-25(17,6)13-11-18(2)26(24,7)15-23(32-21(5)29)22(16-31-20(4)28)12-14-30-19(3)27/h12,18,23-24H,1,8-11,13-16H2,2-7H3/b22-12+/t18-,23?,24+,25+,26+/m1/s1. The molecule has 0 aromatic carbocycles. The normalized spacial score (nSPS) is 31.3. The fourth-order valence-corrected chi connectivity index (χ4v) is 5.89. The van der Waals surface area contributed by atoms with Crippen molar-refractivity contribution in [3.8, 4) is 0 Å². The molecule has 0 spiro atoms. The Labute approximate surface area is 192 Å². The van der Waals surface area contributed by atoms with E-state index < -0.39 is 18.0 Å². The highest BCUT2D eigenvalue weighted by molar-refractivity contribution is 5.67. The number of ether oxygens (including phenoxy) is 3. The molecule has 2 aliphatic rings. The molecule has 0 heterocycles. The smallest absolute Gasteiger partial charge is 0.303 e. The largest absolute Gasteiger partial charge is 0.462 e. The van der Waals surface area contributed by atoms with Gasteiger partial charge in [0.1, 0.15) is 19.3 Å². The van der Waals surface area contributed by atoms with Crippen molar-refractivity contribution in [1.82, 2.24) is 0 Å². The lowest BCUT2D eigenvalue weighted by molar-refractivity contribution is -0.150. The van der Waals surface area contributed by atoms with Crippen molar-refractivity contribution in [2.45, 2.75) is 86.2 Å². The van der Waals surface area contributed by atoms with Crippen LogP contribution >= 0.6 is 0 Å². The van der Waals surface area contributed by atoms with E-state index in [-0.39, 0.29) is 30.0 Å². The number of hydrogen-bond acceptors (Lipinski definition) is 6. The first-order valence-electron chi connectivity index (χ1n) is 11.7. The Bertz CT molecular complexity index is 768. The summed E-state index contributed by atoms with van der Waals surface area (Å²) in [5.74, 6) is -0.339. The molecule has 6 nitrogen and oxygen atoms in total. The molecule has 0 radical (unpaired) electrons. The van der Waals surface area contributed by atoms with Crippen molar-refractivity contribution in [1.29, 1.82) is 0 Å². The van der Waals surface area contributed by atoms with Gasteiger partial charge in [0.2, 0.25) is 0 Å². The summed E-state index contributed by atoms with van der Waals surface area (Å²) >= 11 is 0. The fraction of sp³-hybridized carbons (Fsp3) is 0.731. The lowest BCUT2D eigenvalue weighted by atomic mass is 9.46. The van der Waals surface area contributed by atoms with Crippen LogP contribution in [0, 0.1) is 22.7 Å². The molecule has 0 bridgehead atoms. The summed E-state index contributed by atoms with van der Waals surface area (Å²) in [7, 11) is 0. The highest BCUT2D eigenvalue weighted by Crippen LogP contribution is 2.63. The van der Waals surface area contributed by atoms with Crippen LogP contribution < -0.4 is 0 Å². The average Bonchev–Trinajstić information content (AvgIpc) is 2.68.